The Morgan fingerprint density at radius 1 is 0.885 bits per heavy atom. The predicted octanol–water partition coefficient (Wildman–Crippen LogP) is 4.33. The summed E-state index contributed by atoms with van der Waals surface area (Å²) in [7, 11) is -2.38. The lowest BCUT2D eigenvalue weighted by Gasteiger charge is -2.43. The van der Waals surface area contributed by atoms with Crippen molar-refractivity contribution < 1.29 is 4.43 Å². The van der Waals surface area contributed by atoms with Crippen LogP contribution in [0.25, 0.3) is 0 Å². The van der Waals surface area contributed by atoms with Crippen LogP contribution in [-0.2, 0) is 4.43 Å². The molecule has 0 bridgehead atoms. The van der Waals surface area contributed by atoms with Crippen molar-refractivity contribution in [3.63, 3.8) is 0 Å². The van der Waals surface area contributed by atoms with Crippen molar-refractivity contribution in [1.82, 2.24) is 0 Å². The van der Waals surface area contributed by atoms with Gasteiger partial charge in [0.2, 0.25) is 0 Å². The third kappa shape index (κ3) is 4.85. The van der Waals surface area contributed by atoms with Crippen LogP contribution in [0.3, 0.4) is 0 Å². The molecule has 0 aliphatic carbocycles. The number of hydrogen-bond acceptors (Lipinski definition) is 2. The lowest BCUT2D eigenvalue weighted by atomic mass is 10.1. The second-order valence-electron chi connectivity index (χ2n) is 8.36. The molecule has 0 saturated heterocycles. The van der Waals surface area contributed by atoms with Gasteiger partial charge in [0.05, 0.1) is 0 Å². The minimum absolute atomic E-state index is 0.0483. The van der Waals surface area contributed by atoms with Crippen molar-refractivity contribution in [2.75, 3.05) is 13.2 Å². The molecule has 0 unspecified atom stereocenters. The Bertz CT molecular complexity index is 597. The first kappa shape index (κ1) is 20.9. The number of unbranched alkanes of at least 4 members (excludes halogenated alkanes) is 1. The molecule has 0 aromatic heterocycles. The summed E-state index contributed by atoms with van der Waals surface area (Å²) in [5.41, 5.74) is 5.64. The largest absolute Gasteiger partial charge is 0.407 e. The van der Waals surface area contributed by atoms with Crippen LogP contribution < -0.4 is 16.1 Å². The summed E-state index contributed by atoms with van der Waals surface area (Å²) in [6.07, 6.45) is 3.46. The molecule has 2 aromatic rings. The molecule has 0 saturated carbocycles. The highest BCUT2D eigenvalue weighted by atomic mass is 28.4. The fourth-order valence-electron chi connectivity index (χ4n) is 3.75. The maximum atomic E-state index is 6.97. The zero-order valence-corrected chi connectivity index (χ0v) is 17.9. The van der Waals surface area contributed by atoms with E-state index in [1.54, 1.807) is 0 Å². The molecule has 0 amide bonds. The molecule has 142 valence electrons. The maximum absolute atomic E-state index is 6.97. The van der Waals surface area contributed by atoms with E-state index >= 15 is 0 Å². The fourth-order valence-corrected chi connectivity index (χ4v) is 8.44. The number of hydrogen-bond donors (Lipinski definition) is 1. The van der Waals surface area contributed by atoms with Crippen LogP contribution in [0.2, 0.25) is 5.04 Å². The van der Waals surface area contributed by atoms with Gasteiger partial charge < -0.3 is 10.2 Å². The van der Waals surface area contributed by atoms with E-state index in [9.17, 15) is 0 Å². The molecule has 0 spiro atoms. The van der Waals surface area contributed by atoms with Gasteiger partial charge in [-0.05, 0) is 40.7 Å². The Balaban J connectivity index is 2.38. The molecule has 2 N–H and O–H groups in total. The quantitative estimate of drug-likeness (QED) is 0.527. The zero-order valence-electron chi connectivity index (χ0n) is 16.9. The molecule has 0 fully saturated rings. The van der Waals surface area contributed by atoms with E-state index in [1.807, 2.05) is 0 Å². The van der Waals surface area contributed by atoms with Gasteiger partial charge in [-0.15, -0.1) is 0 Å². The van der Waals surface area contributed by atoms with Gasteiger partial charge in [-0.1, -0.05) is 94.8 Å². The standard InChI is InChI=1S/C23H35NOSi/c1-20(13-11-12-18-24)19-25-26(23(2,3)4,21-14-7-5-8-15-21)22-16-9-6-10-17-22/h5-10,14-17,20H,11-13,18-19,24H2,1-4H3/t20-/m0/s1. The van der Waals surface area contributed by atoms with Crippen LogP contribution in [0.1, 0.15) is 47.0 Å². The lowest BCUT2D eigenvalue weighted by molar-refractivity contribution is 0.235. The summed E-state index contributed by atoms with van der Waals surface area (Å²) in [6.45, 7) is 10.9. The lowest BCUT2D eigenvalue weighted by Crippen LogP contribution is -2.66. The van der Waals surface area contributed by atoms with Crippen LogP contribution in [0.15, 0.2) is 60.7 Å². The average molecular weight is 370 g/mol. The van der Waals surface area contributed by atoms with Crippen molar-refractivity contribution in [2.24, 2.45) is 11.7 Å². The average Bonchev–Trinajstić information content (AvgIpc) is 2.63. The molecule has 0 heterocycles. The summed E-state index contributed by atoms with van der Waals surface area (Å²) < 4.78 is 6.97. The minimum Gasteiger partial charge on any atom is -0.407 e. The van der Waals surface area contributed by atoms with Gasteiger partial charge >= 0.3 is 0 Å². The SMILES string of the molecule is C[C@@H](CCCCN)CO[Si](c1ccccc1)(c1ccccc1)C(C)(C)C. The number of nitrogens with two attached hydrogens (primary N) is 1. The highest BCUT2D eigenvalue weighted by Crippen LogP contribution is 2.37. The Hall–Kier alpha value is -1.42. The van der Waals surface area contributed by atoms with E-state index < -0.39 is 8.32 Å². The van der Waals surface area contributed by atoms with Crippen molar-refractivity contribution >= 4 is 18.7 Å². The van der Waals surface area contributed by atoms with Gasteiger partial charge in [-0.25, -0.2) is 0 Å². The van der Waals surface area contributed by atoms with Gasteiger partial charge in [0.1, 0.15) is 0 Å². The molecule has 26 heavy (non-hydrogen) atoms. The van der Waals surface area contributed by atoms with Gasteiger partial charge in [0.15, 0.2) is 0 Å². The van der Waals surface area contributed by atoms with Crippen LogP contribution in [0, 0.1) is 5.92 Å². The van der Waals surface area contributed by atoms with Gasteiger partial charge in [-0.3, -0.25) is 0 Å². The molecule has 1 atom stereocenters. The number of rotatable bonds is 9. The topological polar surface area (TPSA) is 35.2 Å². The van der Waals surface area contributed by atoms with Crippen LogP contribution in [0.5, 0.6) is 0 Å². The normalized spacial score (nSPS) is 13.6. The summed E-state index contributed by atoms with van der Waals surface area (Å²) in [5.74, 6) is 0.545. The van der Waals surface area contributed by atoms with Crippen LogP contribution in [-0.4, -0.2) is 21.5 Å². The molecule has 2 aromatic carbocycles. The first-order valence-corrected chi connectivity index (χ1v) is 11.8. The first-order chi connectivity index (χ1) is 12.4. The highest BCUT2D eigenvalue weighted by molar-refractivity contribution is 6.99. The monoisotopic (exact) mass is 369 g/mol. The number of benzene rings is 2. The third-order valence-corrected chi connectivity index (χ3v) is 10.2. The Morgan fingerprint density at radius 2 is 1.38 bits per heavy atom. The van der Waals surface area contributed by atoms with Crippen molar-refractivity contribution in [3.05, 3.63) is 60.7 Å². The first-order valence-electron chi connectivity index (χ1n) is 9.87. The predicted molar refractivity (Wildman–Crippen MR) is 116 cm³/mol. The van der Waals surface area contributed by atoms with E-state index in [0.717, 1.165) is 19.6 Å². The van der Waals surface area contributed by atoms with Gasteiger partial charge in [-0.2, -0.15) is 0 Å². The molecule has 2 nitrogen and oxygen atoms in total. The fraction of sp³-hybridized carbons (Fsp3) is 0.478. The Morgan fingerprint density at radius 3 is 1.81 bits per heavy atom. The van der Waals surface area contributed by atoms with Crippen molar-refractivity contribution in [2.45, 2.75) is 52.0 Å². The Kier molecular flexibility index (Phi) is 7.63. The zero-order chi connectivity index (χ0) is 19.0. The van der Waals surface area contributed by atoms with Crippen molar-refractivity contribution in [3.8, 4) is 0 Å². The van der Waals surface area contributed by atoms with Crippen LogP contribution in [0.4, 0.5) is 0 Å². The van der Waals surface area contributed by atoms with E-state index in [4.69, 9.17) is 10.2 Å². The second kappa shape index (κ2) is 9.49. The summed E-state index contributed by atoms with van der Waals surface area (Å²) >= 11 is 0. The molecule has 3 heteroatoms. The summed E-state index contributed by atoms with van der Waals surface area (Å²) in [6, 6.07) is 21.7. The summed E-state index contributed by atoms with van der Waals surface area (Å²) in [5, 5.41) is 2.76. The van der Waals surface area contributed by atoms with Crippen molar-refractivity contribution in [1.29, 1.82) is 0 Å². The molecule has 0 aliphatic heterocycles. The van der Waals surface area contributed by atoms with E-state index in [2.05, 4.69) is 88.4 Å². The Labute approximate surface area is 160 Å². The second-order valence-corrected chi connectivity index (χ2v) is 12.7. The molecular weight excluding hydrogens is 334 g/mol. The molecular formula is C23H35NOSi. The highest BCUT2D eigenvalue weighted by Gasteiger charge is 2.50. The minimum atomic E-state index is -2.38. The van der Waals surface area contributed by atoms with E-state index in [-0.39, 0.29) is 5.04 Å². The summed E-state index contributed by atoms with van der Waals surface area (Å²) in [4.78, 5) is 0. The molecule has 0 radical (unpaired) electrons. The smallest absolute Gasteiger partial charge is 0.261 e. The third-order valence-electron chi connectivity index (χ3n) is 5.15. The van der Waals surface area contributed by atoms with Gasteiger partial charge in [0, 0.05) is 6.61 Å². The van der Waals surface area contributed by atoms with E-state index in [1.165, 1.54) is 23.2 Å². The van der Waals surface area contributed by atoms with E-state index in [0.29, 0.717) is 5.92 Å². The van der Waals surface area contributed by atoms with Crippen LogP contribution >= 0.6 is 0 Å². The molecule has 0 aliphatic rings. The van der Waals surface area contributed by atoms with Gasteiger partial charge in [0.25, 0.3) is 8.32 Å². The maximum Gasteiger partial charge on any atom is 0.261 e. The molecule has 2 rings (SSSR count).